The molecule has 44 heavy (non-hydrogen) atoms. The van der Waals surface area contributed by atoms with E-state index in [-0.39, 0.29) is 34.0 Å². The number of hydrogen-bond donors (Lipinski definition) is 4. The highest BCUT2D eigenvalue weighted by molar-refractivity contribution is 7.49. The number of fused-ring (bicyclic) bond motifs is 4. The van der Waals surface area contributed by atoms with Crippen LogP contribution in [0.2, 0.25) is 0 Å². The molecule has 3 aliphatic heterocycles. The number of anilines is 2. The molecule has 3 aliphatic rings. The van der Waals surface area contributed by atoms with Crippen molar-refractivity contribution in [3.05, 3.63) is 25.3 Å². The van der Waals surface area contributed by atoms with Crippen LogP contribution < -0.4 is 31.4 Å². The van der Waals surface area contributed by atoms with Gasteiger partial charge in [-0.1, -0.05) is 0 Å². The molecule has 2 unspecified atom stereocenters. The molecule has 4 aromatic rings. The second kappa shape index (κ2) is 10.7. The molecule has 0 radical (unpaired) electrons. The second-order valence-electron chi connectivity index (χ2n) is 10.1. The van der Waals surface area contributed by atoms with Crippen LogP contribution in [0, 0.1) is 0 Å². The minimum Gasteiger partial charge on any atom is -0.766 e. The van der Waals surface area contributed by atoms with E-state index in [2.05, 4.69) is 40.1 Å². The Labute approximate surface area is 244 Å². The lowest BCUT2D eigenvalue weighted by atomic mass is 10.1. The molecule has 10 atom stereocenters. The molecule has 6 N–H and O–H groups in total. The summed E-state index contributed by atoms with van der Waals surface area (Å²) < 4.78 is 81.5. The zero-order chi connectivity index (χ0) is 31.0. The van der Waals surface area contributed by atoms with E-state index in [1.807, 2.05) is 0 Å². The van der Waals surface area contributed by atoms with Crippen molar-refractivity contribution in [2.45, 2.75) is 49.1 Å². The number of imidazole rings is 2. The predicted octanol–water partition coefficient (Wildman–Crippen LogP) is -1.80. The van der Waals surface area contributed by atoms with Crippen molar-refractivity contribution in [2.24, 2.45) is 0 Å². The van der Waals surface area contributed by atoms with Gasteiger partial charge in [-0.15, -0.1) is 0 Å². The topological polar surface area (TPSA) is 280 Å². The number of hydrogen-bond acceptors (Lipinski definition) is 16. The Kier molecular flexibility index (Phi) is 7.12. The molecule has 0 aromatic carbocycles. The van der Waals surface area contributed by atoms with E-state index in [9.17, 15) is 18.9 Å². The number of nitrogens with two attached hydrogens (primary N) is 2. The van der Waals surface area contributed by atoms with Gasteiger partial charge in [0.15, 0.2) is 47.7 Å². The van der Waals surface area contributed by atoms with Crippen LogP contribution in [0.3, 0.4) is 0 Å². The van der Waals surface area contributed by atoms with Gasteiger partial charge >= 0.3 is 0 Å². The monoisotopic (exact) mass is 658 g/mol. The molecule has 0 spiro atoms. The Morgan fingerprint density at radius 3 is 1.57 bits per heavy atom. The minimum atomic E-state index is -5.11. The number of nitrogens with one attached hydrogen (secondary N) is 2. The number of nitrogens with zero attached hydrogens (tertiary/aromatic N) is 8. The summed E-state index contributed by atoms with van der Waals surface area (Å²) in [7, 11) is -10.2. The van der Waals surface area contributed by atoms with Crippen LogP contribution in [0.25, 0.3) is 22.3 Å². The van der Waals surface area contributed by atoms with Crippen molar-refractivity contribution in [2.75, 3.05) is 24.7 Å². The summed E-state index contributed by atoms with van der Waals surface area (Å²) in [5, 5.41) is 4.12. The molecular formula is C20H22F2N12O8P2-2. The van der Waals surface area contributed by atoms with Gasteiger partial charge in [-0.25, -0.2) is 48.9 Å². The first kappa shape index (κ1) is 29.4. The van der Waals surface area contributed by atoms with Gasteiger partial charge in [0.05, 0.1) is 38.0 Å². The first-order valence-corrected chi connectivity index (χ1v) is 15.9. The molecule has 236 valence electrons. The molecule has 7 rings (SSSR count). The molecular weight excluding hydrogens is 636 g/mol. The van der Waals surface area contributed by atoms with Crippen LogP contribution in [0.4, 0.5) is 20.4 Å². The maximum Gasteiger partial charge on any atom is 0.204 e. The van der Waals surface area contributed by atoms with Crippen LogP contribution in [-0.4, -0.2) is 88.9 Å². The fraction of sp³-hybridized carbons (Fsp3) is 0.500. The number of rotatable bonds is 2. The maximum absolute atomic E-state index is 15.9. The molecule has 3 fully saturated rings. The summed E-state index contributed by atoms with van der Waals surface area (Å²) in [5.41, 5.74) is 12.0. The molecule has 3 saturated heterocycles. The zero-order valence-electron chi connectivity index (χ0n) is 22.0. The smallest absolute Gasteiger partial charge is 0.204 e. The lowest BCUT2D eigenvalue weighted by molar-refractivity contribution is -0.209. The first-order chi connectivity index (χ1) is 20.9. The summed E-state index contributed by atoms with van der Waals surface area (Å²) >= 11 is 0. The van der Waals surface area contributed by atoms with E-state index in [4.69, 9.17) is 30.0 Å². The fourth-order valence-electron chi connectivity index (χ4n) is 5.37. The third-order valence-electron chi connectivity index (χ3n) is 7.41. The van der Waals surface area contributed by atoms with E-state index < -0.39 is 77.8 Å². The quantitative estimate of drug-likeness (QED) is 0.173. The van der Waals surface area contributed by atoms with Crippen molar-refractivity contribution < 1.29 is 46.2 Å². The molecule has 0 bridgehead atoms. The van der Waals surface area contributed by atoms with Gasteiger partial charge in [0, 0.05) is 0 Å². The van der Waals surface area contributed by atoms with Crippen LogP contribution in [0.5, 0.6) is 0 Å². The van der Waals surface area contributed by atoms with Crippen molar-refractivity contribution in [3.63, 3.8) is 0 Å². The summed E-state index contributed by atoms with van der Waals surface area (Å²) in [6.45, 7) is -1.74. The highest BCUT2D eigenvalue weighted by Gasteiger charge is 2.51. The van der Waals surface area contributed by atoms with Gasteiger partial charge in [0.25, 0.3) is 0 Å². The van der Waals surface area contributed by atoms with E-state index in [1.54, 1.807) is 0 Å². The third kappa shape index (κ3) is 5.02. The van der Waals surface area contributed by atoms with Crippen LogP contribution >= 0.6 is 15.5 Å². The Hall–Kier alpha value is -3.30. The molecule has 0 aliphatic carbocycles. The van der Waals surface area contributed by atoms with Gasteiger partial charge in [-0.3, -0.25) is 18.3 Å². The number of ether oxygens (including phenoxy) is 2. The minimum absolute atomic E-state index is 0.00531. The number of aromatic nitrogens is 8. The summed E-state index contributed by atoms with van der Waals surface area (Å²) in [4.78, 5) is 49.7. The Balaban J connectivity index is 1.17. The van der Waals surface area contributed by atoms with Crippen LogP contribution in [-0.2, 0) is 27.7 Å². The summed E-state index contributed by atoms with van der Waals surface area (Å²) in [6, 6.07) is -3.38. The lowest BCUT2D eigenvalue weighted by Crippen LogP contribution is -2.48. The van der Waals surface area contributed by atoms with Gasteiger partial charge in [-0.05, 0) is 0 Å². The van der Waals surface area contributed by atoms with Crippen molar-refractivity contribution in [1.29, 1.82) is 0 Å². The largest absolute Gasteiger partial charge is 0.766 e. The number of alkyl halides is 2. The Morgan fingerprint density at radius 2 is 1.16 bits per heavy atom. The van der Waals surface area contributed by atoms with Crippen LogP contribution in [0.1, 0.15) is 12.5 Å². The van der Waals surface area contributed by atoms with Crippen LogP contribution in [0.15, 0.2) is 25.3 Å². The average molecular weight is 658 g/mol. The average Bonchev–Trinajstić information content (AvgIpc) is 3.73. The zero-order valence-corrected chi connectivity index (χ0v) is 23.8. The maximum atomic E-state index is 15.9. The molecule has 0 amide bonds. The summed E-state index contributed by atoms with van der Waals surface area (Å²) in [5.74, 6) is 0.0106. The summed E-state index contributed by atoms with van der Waals surface area (Å²) in [6.07, 6.45) is -5.78. The molecule has 24 heteroatoms. The van der Waals surface area contributed by atoms with E-state index >= 15 is 8.78 Å². The predicted molar refractivity (Wildman–Crippen MR) is 138 cm³/mol. The standard InChI is InChI=1S/C20H24F2N12O8P2/c21-9-11-7(41-19(9)33-5-29-13-15(23)25-3-27-17(13)33)1-39-43(35,36)32-12-8(2-40-44(37,38)31-11)42-20(10(12)22)34-6-30-14-16(24)26-4-28-18(14)34/h3-12,19-20H,1-2H2,(H2,23,25,27)(H2,24,26,28)(H2,31,37,38)(H2,32,35,36)/p-2/t7-,8-,9-,10-,11-,12-,19-,20-/m1/s1. The highest BCUT2D eigenvalue weighted by atomic mass is 31.2. The highest BCUT2D eigenvalue weighted by Crippen LogP contribution is 2.46. The van der Waals surface area contributed by atoms with Gasteiger partial charge in [0.2, 0.25) is 15.5 Å². The van der Waals surface area contributed by atoms with E-state index in [0.29, 0.717) is 0 Å². The molecule has 4 aromatic heterocycles. The van der Waals surface area contributed by atoms with Gasteiger partial charge < -0.3 is 39.8 Å². The van der Waals surface area contributed by atoms with Crippen molar-refractivity contribution >= 4 is 49.5 Å². The van der Waals surface area contributed by atoms with Gasteiger partial charge in [-0.2, -0.15) is 0 Å². The SMILES string of the molecule is Nc1ncnc2c1ncn2[C@@H]1O[C@@H]2COP(=O)([O-])N[C@H]3[C@@H](F)[C@H](n4cnc5c(N)ncnc54)O[C@@H]3COP(=O)([O-])N[C@H]2[C@H]1F. The van der Waals surface area contributed by atoms with Crippen molar-refractivity contribution in [1.82, 2.24) is 49.2 Å². The fourth-order valence-corrected chi connectivity index (χ4v) is 7.55. The van der Waals surface area contributed by atoms with E-state index in [0.717, 1.165) is 34.4 Å². The Bertz CT molecular complexity index is 1700. The molecule has 7 heterocycles. The number of nitrogen functional groups attached to an aromatic ring is 2. The van der Waals surface area contributed by atoms with Gasteiger partial charge in [0.1, 0.15) is 35.9 Å². The van der Waals surface area contributed by atoms with Crippen molar-refractivity contribution in [3.8, 4) is 0 Å². The Morgan fingerprint density at radius 1 is 0.750 bits per heavy atom. The normalized spacial score (nSPS) is 38.3. The second-order valence-corrected chi connectivity index (χ2v) is 13.1. The third-order valence-corrected chi connectivity index (χ3v) is 9.62. The van der Waals surface area contributed by atoms with E-state index in [1.165, 1.54) is 0 Å². The lowest BCUT2D eigenvalue weighted by Gasteiger charge is -2.35. The number of halogens is 2. The molecule has 20 nitrogen and oxygen atoms in total. The molecule has 0 saturated carbocycles. The first-order valence-electron chi connectivity index (χ1n) is 12.8.